The smallest absolute Gasteiger partial charge is 0.163 e. The maximum absolute atomic E-state index is 13.2. The van der Waals surface area contributed by atoms with Crippen molar-refractivity contribution in [1.29, 1.82) is 0 Å². The van der Waals surface area contributed by atoms with Crippen molar-refractivity contribution in [2.24, 2.45) is 5.73 Å². The highest BCUT2D eigenvalue weighted by Gasteiger charge is 2.12. The highest BCUT2D eigenvalue weighted by Crippen LogP contribution is 2.19. The first-order valence-corrected chi connectivity index (χ1v) is 4.98. The Balaban J connectivity index is 0.00000169. The van der Waals surface area contributed by atoms with Crippen LogP contribution in [-0.4, -0.2) is 6.04 Å². The summed E-state index contributed by atoms with van der Waals surface area (Å²) >= 11 is 1.97. The fourth-order valence-corrected chi connectivity index (χ4v) is 1.71. The molecule has 0 aromatic heterocycles. The average Bonchev–Trinajstić information content (AvgIpc) is 2.05. The van der Waals surface area contributed by atoms with Gasteiger partial charge in [0.15, 0.2) is 11.6 Å². The Morgan fingerprint density at radius 1 is 1.43 bits per heavy atom. The van der Waals surface area contributed by atoms with Gasteiger partial charge in [-0.25, -0.2) is 8.78 Å². The third-order valence-corrected chi connectivity index (χ3v) is 2.68. The third kappa shape index (κ3) is 3.33. The highest BCUT2D eigenvalue weighted by atomic mass is 127. The number of nitrogens with two attached hydrogens (primary N) is 1. The minimum absolute atomic E-state index is 0. The monoisotopic (exact) mass is 333 g/mol. The maximum Gasteiger partial charge on any atom is 0.163 e. The Morgan fingerprint density at radius 2 is 2.00 bits per heavy atom. The number of rotatable bonds is 2. The summed E-state index contributed by atoms with van der Waals surface area (Å²) in [6, 6.07) is 2.52. The first-order chi connectivity index (χ1) is 6.02. The molecule has 1 atom stereocenters. The molecule has 0 aliphatic heterocycles. The van der Waals surface area contributed by atoms with Crippen LogP contribution in [0.15, 0.2) is 12.1 Å². The van der Waals surface area contributed by atoms with Crippen LogP contribution in [0.25, 0.3) is 0 Å². The summed E-state index contributed by atoms with van der Waals surface area (Å²) in [4.78, 5) is 0. The van der Waals surface area contributed by atoms with E-state index in [2.05, 4.69) is 0 Å². The van der Waals surface area contributed by atoms with Crippen molar-refractivity contribution in [3.63, 3.8) is 0 Å². The van der Waals surface area contributed by atoms with E-state index in [1.54, 1.807) is 13.0 Å². The van der Waals surface area contributed by atoms with Gasteiger partial charge in [-0.15, -0.1) is 12.4 Å². The first kappa shape index (κ1) is 14.1. The van der Waals surface area contributed by atoms with Crippen LogP contribution in [0.1, 0.15) is 12.5 Å². The molecule has 0 radical (unpaired) electrons. The van der Waals surface area contributed by atoms with E-state index >= 15 is 0 Å². The van der Waals surface area contributed by atoms with Crippen LogP contribution in [-0.2, 0) is 6.42 Å². The molecule has 2 N–H and O–H groups in total. The van der Waals surface area contributed by atoms with E-state index in [9.17, 15) is 8.78 Å². The molecule has 0 heterocycles. The van der Waals surface area contributed by atoms with E-state index in [1.165, 1.54) is 0 Å². The summed E-state index contributed by atoms with van der Waals surface area (Å²) < 4.78 is 26.7. The molecule has 1 aromatic carbocycles. The molecule has 1 unspecified atom stereocenters. The van der Waals surface area contributed by atoms with Gasteiger partial charge < -0.3 is 5.73 Å². The standard InChI is InChI=1S/C9H10F2IN.ClH/c1-5(13)4-6-8(12)3-2-7(10)9(6)11;/h2-3,5H,4,13H2,1H3;1H. The Bertz CT molecular complexity index is 318. The van der Waals surface area contributed by atoms with E-state index in [-0.39, 0.29) is 18.4 Å². The zero-order valence-electron chi connectivity index (χ0n) is 7.56. The third-order valence-electron chi connectivity index (χ3n) is 1.67. The minimum Gasteiger partial charge on any atom is -0.328 e. The zero-order chi connectivity index (χ0) is 10.0. The van der Waals surface area contributed by atoms with Gasteiger partial charge in [0.05, 0.1) is 0 Å². The largest absolute Gasteiger partial charge is 0.328 e. The number of benzene rings is 1. The minimum atomic E-state index is -0.809. The Hall–Kier alpha value is 0.0600. The molecule has 80 valence electrons. The first-order valence-electron chi connectivity index (χ1n) is 3.90. The van der Waals surface area contributed by atoms with Crippen molar-refractivity contribution >= 4 is 35.0 Å². The lowest BCUT2D eigenvalue weighted by atomic mass is 10.1. The summed E-state index contributed by atoms with van der Waals surface area (Å²) in [5.74, 6) is -1.58. The van der Waals surface area contributed by atoms with E-state index in [1.807, 2.05) is 22.6 Å². The van der Waals surface area contributed by atoms with Crippen molar-refractivity contribution in [1.82, 2.24) is 0 Å². The van der Waals surface area contributed by atoms with Crippen LogP contribution in [0, 0.1) is 15.2 Å². The van der Waals surface area contributed by atoms with Gasteiger partial charge in [-0.2, -0.15) is 0 Å². The van der Waals surface area contributed by atoms with Crippen molar-refractivity contribution in [3.8, 4) is 0 Å². The fourth-order valence-electron chi connectivity index (χ4n) is 1.08. The SMILES string of the molecule is CC(N)Cc1c(I)ccc(F)c1F.Cl. The van der Waals surface area contributed by atoms with Gasteiger partial charge in [0.25, 0.3) is 0 Å². The van der Waals surface area contributed by atoms with Gasteiger partial charge in [-0.05, 0) is 48.1 Å². The highest BCUT2D eigenvalue weighted by molar-refractivity contribution is 14.1. The number of hydrogen-bond donors (Lipinski definition) is 1. The second-order valence-corrected chi connectivity index (χ2v) is 4.17. The molecule has 1 nitrogen and oxygen atoms in total. The number of hydrogen-bond acceptors (Lipinski definition) is 1. The van der Waals surface area contributed by atoms with Crippen LogP contribution >= 0.6 is 35.0 Å². The molecule has 0 saturated carbocycles. The van der Waals surface area contributed by atoms with Crippen molar-refractivity contribution in [3.05, 3.63) is 32.9 Å². The molecule has 0 aliphatic carbocycles. The molecule has 14 heavy (non-hydrogen) atoms. The van der Waals surface area contributed by atoms with Gasteiger partial charge in [-0.3, -0.25) is 0 Å². The lowest BCUT2D eigenvalue weighted by Gasteiger charge is -2.09. The van der Waals surface area contributed by atoms with Crippen molar-refractivity contribution in [2.75, 3.05) is 0 Å². The Morgan fingerprint density at radius 3 is 2.50 bits per heavy atom. The molecular weight excluding hydrogens is 322 g/mol. The van der Waals surface area contributed by atoms with Crippen molar-refractivity contribution in [2.45, 2.75) is 19.4 Å². The molecule has 1 aromatic rings. The average molecular weight is 334 g/mol. The molecular formula is C9H11ClF2IN. The molecule has 1 rings (SSSR count). The van der Waals surface area contributed by atoms with E-state index < -0.39 is 11.6 Å². The fraction of sp³-hybridized carbons (Fsp3) is 0.333. The van der Waals surface area contributed by atoms with Gasteiger partial charge in [0.1, 0.15) is 0 Å². The molecule has 0 bridgehead atoms. The molecule has 0 spiro atoms. The van der Waals surface area contributed by atoms with E-state index in [4.69, 9.17) is 5.73 Å². The molecule has 5 heteroatoms. The second kappa shape index (κ2) is 5.82. The molecule has 0 fully saturated rings. The van der Waals surface area contributed by atoms with Gasteiger partial charge in [-0.1, -0.05) is 0 Å². The van der Waals surface area contributed by atoms with Gasteiger partial charge in [0.2, 0.25) is 0 Å². The summed E-state index contributed by atoms with van der Waals surface area (Å²) in [6.07, 6.45) is 0.363. The summed E-state index contributed by atoms with van der Waals surface area (Å²) in [5.41, 5.74) is 5.89. The predicted octanol–water partition coefficient (Wildman–Crippen LogP) is 2.88. The predicted molar refractivity (Wildman–Crippen MR) is 63.7 cm³/mol. The Kier molecular flexibility index (Phi) is 5.85. The van der Waals surface area contributed by atoms with Crippen molar-refractivity contribution < 1.29 is 8.78 Å². The summed E-state index contributed by atoms with van der Waals surface area (Å²) in [5, 5.41) is 0. The molecule has 0 aliphatic rings. The second-order valence-electron chi connectivity index (χ2n) is 3.00. The van der Waals surface area contributed by atoms with E-state index in [0.29, 0.717) is 15.6 Å². The van der Waals surface area contributed by atoms with Crippen LogP contribution in [0.5, 0.6) is 0 Å². The zero-order valence-corrected chi connectivity index (χ0v) is 10.5. The van der Waals surface area contributed by atoms with Crippen LogP contribution in [0.4, 0.5) is 8.78 Å². The van der Waals surface area contributed by atoms with Crippen LogP contribution < -0.4 is 5.73 Å². The van der Waals surface area contributed by atoms with E-state index in [0.717, 1.165) is 6.07 Å². The van der Waals surface area contributed by atoms with Gasteiger partial charge >= 0.3 is 0 Å². The normalized spacial score (nSPS) is 12.1. The van der Waals surface area contributed by atoms with Gasteiger partial charge in [0, 0.05) is 15.2 Å². The maximum atomic E-state index is 13.2. The summed E-state index contributed by atoms with van der Waals surface area (Å²) in [6.45, 7) is 1.76. The quantitative estimate of drug-likeness (QED) is 0.654. The lowest BCUT2D eigenvalue weighted by molar-refractivity contribution is 0.493. The Labute approximate surface area is 102 Å². The topological polar surface area (TPSA) is 26.0 Å². The molecule has 0 amide bonds. The lowest BCUT2D eigenvalue weighted by Crippen LogP contribution is -2.19. The van der Waals surface area contributed by atoms with Crippen LogP contribution in [0.3, 0.4) is 0 Å². The summed E-state index contributed by atoms with van der Waals surface area (Å²) in [7, 11) is 0. The van der Waals surface area contributed by atoms with Crippen LogP contribution in [0.2, 0.25) is 0 Å². The molecule has 0 saturated heterocycles. The number of halogens is 4.